The number of anilines is 2. The molecule has 3 N–H and O–H groups in total. The first-order chi connectivity index (χ1) is 19.9. The van der Waals surface area contributed by atoms with E-state index in [0.29, 0.717) is 29.4 Å². The average molecular weight is 576 g/mol. The Morgan fingerprint density at radius 1 is 1.12 bits per heavy atom. The highest BCUT2D eigenvalue weighted by molar-refractivity contribution is 7.15. The number of pyridine rings is 1. The van der Waals surface area contributed by atoms with Gasteiger partial charge >= 0.3 is 0 Å². The van der Waals surface area contributed by atoms with E-state index in [1.807, 2.05) is 23.9 Å². The van der Waals surface area contributed by atoms with Crippen molar-refractivity contribution >= 4 is 33.9 Å². The van der Waals surface area contributed by atoms with Crippen LogP contribution in [0.3, 0.4) is 0 Å². The van der Waals surface area contributed by atoms with Gasteiger partial charge in [0, 0.05) is 87.5 Å². The van der Waals surface area contributed by atoms with Crippen molar-refractivity contribution in [3.63, 3.8) is 0 Å². The number of hydrogen-bond acceptors (Lipinski definition) is 11. The van der Waals surface area contributed by atoms with E-state index in [0.717, 1.165) is 54.3 Å². The zero-order valence-electron chi connectivity index (χ0n) is 23.3. The van der Waals surface area contributed by atoms with Gasteiger partial charge in [-0.2, -0.15) is 5.10 Å². The largest absolute Gasteiger partial charge is 0.396 e. The van der Waals surface area contributed by atoms with Crippen molar-refractivity contribution in [1.29, 1.82) is 0 Å². The zero-order chi connectivity index (χ0) is 28.5. The number of rotatable bonds is 9. The van der Waals surface area contributed by atoms with Crippen LogP contribution < -0.4 is 10.9 Å². The first kappa shape index (κ1) is 27.2. The Hall–Kier alpha value is -3.98. The van der Waals surface area contributed by atoms with Gasteiger partial charge in [0.1, 0.15) is 27.9 Å². The minimum atomic E-state index is -0.204. The number of aromatic amines is 1. The molecule has 1 fully saturated rings. The molecule has 41 heavy (non-hydrogen) atoms. The molecule has 6 rings (SSSR count). The summed E-state index contributed by atoms with van der Waals surface area (Å²) in [5.41, 5.74) is 1.84. The van der Waals surface area contributed by atoms with Crippen LogP contribution >= 0.6 is 11.3 Å². The van der Waals surface area contributed by atoms with Gasteiger partial charge in [-0.25, -0.2) is 19.9 Å². The van der Waals surface area contributed by atoms with Crippen LogP contribution in [0.2, 0.25) is 0 Å². The van der Waals surface area contributed by atoms with Gasteiger partial charge in [-0.15, -0.1) is 11.3 Å². The fraction of sp³-hybridized carbons (Fsp3) is 0.407. The molecule has 0 saturated carbocycles. The predicted molar refractivity (Wildman–Crippen MR) is 158 cm³/mol. The number of aryl methyl sites for hydroxylation is 1. The number of aliphatic hydroxyl groups excluding tert-OH is 1. The second kappa shape index (κ2) is 11.5. The third-order valence-electron chi connectivity index (χ3n) is 7.38. The van der Waals surface area contributed by atoms with E-state index in [1.165, 1.54) is 9.56 Å². The maximum absolute atomic E-state index is 12.4. The Morgan fingerprint density at radius 2 is 1.95 bits per heavy atom. The standard InChI is InChI=1S/C27H33N11O2S/c1-17(5-11-39)38-21-12-23(32-22-4-6-28-25(33-22)20-15-31-36(3)27(20)40)29-14-19(21)24(34-38)26-30-13-18(41-26)16-37-9-7-35(2)8-10-37/h4,6,12-15,17,31,39H,5,7-11,16H2,1-3H3,(H,28,29,32,33). The monoisotopic (exact) mass is 575 g/mol. The van der Waals surface area contributed by atoms with Crippen molar-refractivity contribution in [2.75, 3.05) is 45.2 Å². The van der Waals surface area contributed by atoms with Crippen LogP contribution in [0.1, 0.15) is 24.3 Å². The Balaban J connectivity index is 1.30. The van der Waals surface area contributed by atoms with E-state index in [2.05, 4.69) is 42.2 Å². The molecule has 0 spiro atoms. The smallest absolute Gasteiger partial charge is 0.277 e. The molecular formula is C27H33N11O2S. The molecule has 0 aliphatic carbocycles. The molecule has 1 unspecified atom stereocenters. The molecule has 1 aliphatic heterocycles. The molecule has 6 heterocycles. The second-order valence-electron chi connectivity index (χ2n) is 10.4. The SMILES string of the molecule is CC(CCO)n1nc(-c2ncc(CN3CCN(C)CC3)s2)c2cnc(Nc3ccnc(-c4c[nH]n(C)c4=O)n3)cc21. The van der Waals surface area contributed by atoms with E-state index in [-0.39, 0.29) is 18.2 Å². The molecule has 0 radical (unpaired) electrons. The first-order valence-corrected chi connectivity index (χ1v) is 14.4. The molecule has 13 nitrogen and oxygen atoms in total. The van der Waals surface area contributed by atoms with Crippen LogP contribution in [0, 0.1) is 0 Å². The molecule has 214 valence electrons. The van der Waals surface area contributed by atoms with Gasteiger partial charge in [0.25, 0.3) is 5.56 Å². The summed E-state index contributed by atoms with van der Waals surface area (Å²) in [6.07, 6.45) is 7.50. The molecular weight excluding hydrogens is 542 g/mol. The molecule has 5 aromatic heterocycles. The molecule has 5 aromatic rings. The van der Waals surface area contributed by atoms with Crippen LogP contribution in [-0.4, -0.2) is 94.2 Å². The topological polar surface area (TPSA) is 146 Å². The third-order valence-corrected chi connectivity index (χ3v) is 8.37. The van der Waals surface area contributed by atoms with Crippen molar-refractivity contribution in [1.82, 2.24) is 49.3 Å². The summed E-state index contributed by atoms with van der Waals surface area (Å²) in [4.78, 5) is 36.6. The average Bonchev–Trinajstić information content (AvgIpc) is 3.67. The summed E-state index contributed by atoms with van der Waals surface area (Å²) in [6, 6.07) is 3.61. The molecule has 1 aliphatic rings. The lowest BCUT2D eigenvalue weighted by atomic mass is 10.2. The summed E-state index contributed by atoms with van der Waals surface area (Å²) < 4.78 is 3.31. The fourth-order valence-corrected chi connectivity index (χ4v) is 5.89. The first-order valence-electron chi connectivity index (χ1n) is 13.6. The van der Waals surface area contributed by atoms with Crippen LogP contribution in [0.5, 0.6) is 0 Å². The molecule has 0 bridgehead atoms. The van der Waals surface area contributed by atoms with E-state index < -0.39 is 0 Å². The van der Waals surface area contributed by atoms with E-state index >= 15 is 0 Å². The summed E-state index contributed by atoms with van der Waals surface area (Å²) in [5.74, 6) is 1.40. The maximum Gasteiger partial charge on any atom is 0.277 e. The number of likely N-dealkylation sites (N-methyl/N-ethyl adjacent to an activating group) is 1. The Morgan fingerprint density at radius 3 is 2.71 bits per heavy atom. The lowest BCUT2D eigenvalue weighted by Gasteiger charge is -2.31. The zero-order valence-corrected chi connectivity index (χ0v) is 24.1. The number of aliphatic hydroxyl groups is 1. The van der Waals surface area contributed by atoms with Crippen LogP contribution in [-0.2, 0) is 13.6 Å². The summed E-state index contributed by atoms with van der Waals surface area (Å²) in [5, 5.41) is 22.4. The summed E-state index contributed by atoms with van der Waals surface area (Å²) in [7, 11) is 3.80. The fourth-order valence-electron chi connectivity index (χ4n) is 4.93. The van der Waals surface area contributed by atoms with Crippen LogP contribution in [0.15, 0.2) is 41.7 Å². The van der Waals surface area contributed by atoms with Crippen LogP contribution in [0.4, 0.5) is 11.6 Å². The highest BCUT2D eigenvalue weighted by Crippen LogP contribution is 2.34. The summed E-state index contributed by atoms with van der Waals surface area (Å²) in [6.45, 7) is 7.23. The predicted octanol–water partition coefficient (Wildman–Crippen LogP) is 2.47. The second-order valence-corrected chi connectivity index (χ2v) is 11.5. The molecule has 14 heteroatoms. The number of H-pyrrole nitrogens is 1. The number of fused-ring (bicyclic) bond motifs is 1. The minimum absolute atomic E-state index is 0.0354. The van der Waals surface area contributed by atoms with Gasteiger partial charge in [0.15, 0.2) is 5.82 Å². The summed E-state index contributed by atoms with van der Waals surface area (Å²) >= 11 is 1.66. The lowest BCUT2D eigenvalue weighted by Crippen LogP contribution is -2.43. The van der Waals surface area contributed by atoms with Gasteiger partial charge in [-0.3, -0.25) is 19.1 Å². The van der Waals surface area contributed by atoms with Crippen molar-refractivity contribution < 1.29 is 5.11 Å². The van der Waals surface area contributed by atoms with E-state index in [9.17, 15) is 9.90 Å². The lowest BCUT2D eigenvalue weighted by molar-refractivity contribution is 0.149. The van der Waals surface area contributed by atoms with Gasteiger partial charge in [-0.1, -0.05) is 0 Å². The van der Waals surface area contributed by atoms with Crippen LogP contribution in [0.25, 0.3) is 33.0 Å². The minimum Gasteiger partial charge on any atom is -0.396 e. The Kier molecular flexibility index (Phi) is 7.62. The van der Waals surface area contributed by atoms with E-state index in [4.69, 9.17) is 10.1 Å². The number of hydrogen-bond donors (Lipinski definition) is 3. The number of nitrogens with zero attached hydrogens (tertiary/aromatic N) is 9. The van der Waals surface area contributed by atoms with Gasteiger partial charge in [-0.05, 0) is 26.5 Å². The maximum atomic E-state index is 12.4. The Bertz CT molecular complexity index is 1710. The normalized spacial score (nSPS) is 15.5. The molecule has 1 saturated heterocycles. The van der Waals surface area contributed by atoms with Crippen molar-refractivity contribution in [3.8, 4) is 22.1 Å². The van der Waals surface area contributed by atoms with Gasteiger partial charge in [0.05, 0.1) is 11.6 Å². The van der Waals surface area contributed by atoms with Crippen molar-refractivity contribution in [2.24, 2.45) is 7.05 Å². The highest BCUT2D eigenvalue weighted by atomic mass is 32.1. The number of nitrogens with one attached hydrogen (secondary N) is 2. The number of piperazine rings is 1. The van der Waals surface area contributed by atoms with Gasteiger partial charge in [0.2, 0.25) is 0 Å². The molecule has 0 amide bonds. The number of aromatic nitrogens is 8. The van der Waals surface area contributed by atoms with Crippen molar-refractivity contribution in [3.05, 3.63) is 52.2 Å². The highest BCUT2D eigenvalue weighted by Gasteiger charge is 2.21. The van der Waals surface area contributed by atoms with Gasteiger partial charge < -0.3 is 20.4 Å². The molecule has 0 aromatic carbocycles. The molecule has 1 atom stereocenters. The van der Waals surface area contributed by atoms with Crippen molar-refractivity contribution in [2.45, 2.75) is 25.9 Å². The van der Waals surface area contributed by atoms with E-state index in [1.54, 1.807) is 43.0 Å². The quantitative estimate of drug-likeness (QED) is 0.240. The third kappa shape index (κ3) is 5.63. The Labute approximate surface area is 240 Å². The number of thiazole rings is 1.